The third-order valence-corrected chi connectivity index (χ3v) is 4.73. The van der Waals surface area contributed by atoms with Crippen LogP contribution in [0.25, 0.3) is 21.8 Å². The van der Waals surface area contributed by atoms with Crippen LogP contribution in [0.2, 0.25) is 5.02 Å². The third kappa shape index (κ3) is 6.61. The summed E-state index contributed by atoms with van der Waals surface area (Å²) < 4.78 is 19.1. The zero-order chi connectivity index (χ0) is 24.5. The van der Waals surface area contributed by atoms with Gasteiger partial charge in [-0.1, -0.05) is 56.1 Å². The number of aromatic nitrogens is 1. The molecule has 1 aromatic heterocycles. The van der Waals surface area contributed by atoms with Crippen LogP contribution in [-0.4, -0.2) is 47.5 Å². The van der Waals surface area contributed by atoms with E-state index in [9.17, 15) is 23.6 Å². The summed E-state index contributed by atoms with van der Waals surface area (Å²) in [5, 5.41) is 4.24. The van der Waals surface area contributed by atoms with Gasteiger partial charge in [0.25, 0.3) is 5.91 Å². The number of nitrogens with zero attached hydrogens (tertiary/aromatic N) is 1. The van der Waals surface area contributed by atoms with Crippen LogP contribution in [0.1, 0.15) is 33.6 Å². The summed E-state index contributed by atoms with van der Waals surface area (Å²) >= 11 is 6.07. The molecule has 0 saturated heterocycles. The fraction of sp³-hybridized carbons (Fsp3) is 0.333. The highest BCUT2D eigenvalue weighted by molar-refractivity contribution is 6.31. The molecule has 0 fully saturated rings. The summed E-state index contributed by atoms with van der Waals surface area (Å²) in [6.45, 7) is 3.44. The summed E-state index contributed by atoms with van der Waals surface area (Å²) in [5.74, 6) is -2.14. The normalized spacial score (nSPS) is 11.4. The van der Waals surface area contributed by atoms with Crippen molar-refractivity contribution in [3.8, 4) is 0 Å². The number of rotatable bonds is 7. The molecular weight excluding hydrogens is 451 g/mol. The first-order valence-corrected chi connectivity index (χ1v) is 10.8. The Kier molecular flexibility index (Phi) is 9.54. The van der Waals surface area contributed by atoms with Gasteiger partial charge in [-0.15, -0.1) is 0 Å². The average molecular weight is 477 g/mol. The summed E-state index contributed by atoms with van der Waals surface area (Å²) in [7, 11) is 0. The first-order chi connectivity index (χ1) is 15.7. The maximum Gasteiger partial charge on any atom is 0.419 e. The molecule has 33 heavy (non-hydrogen) atoms. The predicted molar refractivity (Wildman–Crippen MR) is 125 cm³/mol. The largest absolute Gasteiger partial charge is 0.439 e. The molecule has 1 atom stereocenters. The highest BCUT2D eigenvalue weighted by Gasteiger charge is 2.23. The van der Waals surface area contributed by atoms with E-state index in [4.69, 9.17) is 16.3 Å². The van der Waals surface area contributed by atoms with Gasteiger partial charge in [-0.25, -0.2) is 13.8 Å². The zero-order valence-electron chi connectivity index (χ0n) is 18.7. The van der Waals surface area contributed by atoms with Gasteiger partial charge >= 0.3 is 6.09 Å². The van der Waals surface area contributed by atoms with E-state index in [0.29, 0.717) is 16.1 Å². The van der Waals surface area contributed by atoms with Crippen molar-refractivity contribution in [2.45, 2.75) is 39.7 Å². The smallest absolute Gasteiger partial charge is 0.419 e. The fourth-order valence-corrected chi connectivity index (χ4v) is 3.36. The van der Waals surface area contributed by atoms with Gasteiger partial charge in [-0.2, -0.15) is 0 Å². The molecule has 3 rings (SSSR count). The number of amides is 1. The molecule has 2 aromatic carbocycles. The molecule has 176 valence electrons. The second-order valence-corrected chi connectivity index (χ2v) is 7.84. The number of hydrogen-bond donors (Lipinski definition) is 1. The van der Waals surface area contributed by atoms with Crippen LogP contribution in [0.5, 0.6) is 0 Å². The van der Waals surface area contributed by atoms with Crippen molar-refractivity contribution in [2.75, 3.05) is 13.3 Å². The van der Waals surface area contributed by atoms with Gasteiger partial charge < -0.3 is 10.1 Å². The summed E-state index contributed by atoms with van der Waals surface area (Å²) in [4.78, 5) is 47.6. The van der Waals surface area contributed by atoms with Crippen molar-refractivity contribution in [3.05, 3.63) is 47.5 Å². The Bertz CT molecular complexity index is 1170. The minimum atomic E-state index is -1.32. The van der Waals surface area contributed by atoms with E-state index < -0.39 is 37.1 Å². The molecular formula is C24H26ClFN2O5. The lowest BCUT2D eigenvalue weighted by atomic mass is 10.1. The number of alkyl halides is 1. The molecule has 1 unspecified atom stereocenters. The number of ether oxygens (including phenoxy) is 1. The number of hydrogen-bond acceptors (Lipinski definition) is 5. The van der Waals surface area contributed by atoms with Gasteiger partial charge in [0, 0.05) is 22.2 Å². The van der Waals surface area contributed by atoms with E-state index in [1.54, 1.807) is 30.3 Å². The molecule has 1 heterocycles. The molecule has 0 spiro atoms. The Morgan fingerprint density at radius 2 is 1.70 bits per heavy atom. The average Bonchev–Trinajstić information content (AvgIpc) is 3.10. The molecule has 0 bridgehead atoms. The number of carbonyl (C=O) groups is 4. The summed E-state index contributed by atoms with van der Waals surface area (Å²) in [6, 6.07) is 11.0. The number of Topliss-reactive ketones (excluding diaryl/α,β-unsaturated/α-hetero) is 2. The lowest BCUT2D eigenvalue weighted by Crippen LogP contribution is -2.44. The minimum absolute atomic E-state index is 0.339. The van der Waals surface area contributed by atoms with Crippen LogP contribution in [0.15, 0.2) is 42.5 Å². The van der Waals surface area contributed by atoms with Gasteiger partial charge in [-0.3, -0.25) is 14.4 Å². The molecule has 0 radical (unpaired) electrons. The van der Waals surface area contributed by atoms with Crippen LogP contribution in [-0.2, 0) is 19.1 Å². The molecule has 0 saturated carbocycles. The molecule has 9 heteroatoms. The Hall–Kier alpha value is -3.26. The van der Waals surface area contributed by atoms with E-state index in [2.05, 4.69) is 19.2 Å². The van der Waals surface area contributed by atoms with E-state index >= 15 is 0 Å². The van der Waals surface area contributed by atoms with Crippen LogP contribution < -0.4 is 5.32 Å². The quantitative estimate of drug-likeness (QED) is 0.526. The molecule has 0 aliphatic heterocycles. The van der Waals surface area contributed by atoms with Crippen LogP contribution in [0.3, 0.4) is 0 Å². The van der Waals surface area contributed by atoms with Crippen LogP contribution in [0, 0.1) is 0 Å². The second kappa shape index (κ2) is 12.1. The highest BCUT2D eigenvalue weighted by Crippen LogP contribution is 2.30. The van der Waals surface area contributed by atoms with Crippen molar-refractivity contribution in [1.29, 1.82) is 0 Å². The molecule has 1 N–H and O–H groups in total. The number of halogens is 2. The van der Waals surface area contributed by atoms with Gasteiger partial charge in [-0.05, 0) is 25.1 Å². The number of fused-ring (bicyclic) bond motifs is 3. The SMILES string of the molecule is CC(=O)CC(NC(=O)COC(=O)n1c2ccccc2c2ccc(Cl)cc21)C(=O)CF.CCC. The Morgan fingerprint density at radius 3 is 2.33 bits per heavy atom. The molecule has 1 amide bonds. The topological polar surface area (TPSA) is 94.5 Å². The zero-order valence-corrected chi connectivity index (χ0v) is 19.4. The van der Waals surface area contributed by atoms with Gasteiger partial charge in [0.05, 0.1) is 17.1 Å². The number of benzene rings is 2. The van der Waals surface area contributed by atoms with E-state index in [1.807, 2.05) is 12.1 Å². The van der Waals surface area contributed by atoms with Gasteiger partial charge in [0.1, 0.15) is 12.5 Å². The monoisotopic (exact) mass is 476 g/mol. The summed E-state index contributed by atoms with van der Waals surface area (Å²) in [5.41, 5.74) is 1.08. The van der Waals surface area contributed by atoms with Crippen molar-refractivity contribution in [3.63, 3.8) is 0 Å². The number of nitrogens with one attached hydrogen (secondary N) is 1. The van der Waals surface area contributed by atoms with Crippen molar-refractivity contribution in [2.24, 2.45) is 0 Å². The molecule has 3 aromatic rings. The standard InChI is InChI=1S/C21H18ClFN2O5.C3H8/c1-12(26)8-16(19(27)10-23)24-20(28)11-30-21(29)25-17-5-3-2-4-14(17)15-7-6-13(22)9-18(15)25;1-3-2/h2-7,9,16H,8,10-11H2,1H3,(H,24,28);3H2,1-2H3. The maximum atomic E-state index is 12.7. The Balaban J connectivity index is 0.00000122. The molecule has 7 nitrogen and oxygen atoms in total. The van der Waals surface area contributed by atoms with Crippen LogP contribution >= 0.6 is 11.6 Å². The minimum Gasteiger partial charge on any atom is -0.439 e. The first-order valence-electron chi connectivity index (χ1n) is 10.5. The van der Waals surface area contributed by atoms with Crippen molar-refractivity contribution < 1.29 is 28.3 Å². The van der Waals surface area contributed by atoms with Crippen molar-refractivity contribution in [1.82, 2.24) is 9.88 Å². The Morgan fingerprint density at radius 1 is 1.06 bits per heavy atom. The predicted octanol–water partition coefficient (Wildman–Crippen LogP) is 4.85. The van der Waals surface area contributed by atoms with E-state index in [0.717, 1.165) is 10.8 Å². The highest BCUT2D eigenvalue weighted by atomic mass is 35.5. The number of carbonyl (C=O) groups excluding carboxylic acids is 4. The van der Waals surface area contributed by atoms with Gasteiger partial charge in [0.2, 0.25) is 0 Å². The lowest BCUT2D eigenvalue weighted by molar-refractivity contribution is -0.131. The number of para-hydroxylation sites is 1. The van der Waals surface area contributed by atoms with E-state index in [1.165, 1.54) is 17.9 Å². The molecule has 0 aliphatic rings. The Labute approximate surface area is 195 Å². The fourth-order valence-electron chi connectivity index (χ4n) is 3.19. The van der Waals surface area contributed by atoms with Gasteiger partial charge in [0.15, 0.2) is 12.4 Å². The van der Waals surface area contributed by atoms with E-state index in [-0.39, 0.29) is 12.2 Å². The first kappa shape index (κ1) is 26.0. The second-order valence-electron chi connectivity index (χ2n) is 7.40. The third-order valence-electron chi connectivity index (χ3n) is 4.49. The van der Waals surface area contributed by atoms with Crippen molar-refractivity contribution >= 4 is 57.0 Å². The molecule has 0 aliphatic carbocycles. The lowest BCUT2D eigenvalue weighted by Gasteiger charge is -2.15. The number of ketones is 2. The maximum absolute atomic E-state index is 12.7. The summed E-state index contributed by atoms with van der Waals surface area (Å²) in [6.07, 6.45) is 0.0897. The van der Waals surface area contributed by atoms with Crippen LogP contribution in [0.4, 0.5) is 9.18 Å².